The number of carbonyl (C=O) groups is 5. The average molecular weight is 521 g/mol. The number of primary amides is 1. The van der Waals surface area contributed by atoms with Gasteiger partial charge in [-0.05, 0) is 56.3 Å². The molecule has 1 aliphatic heterocycles. The molecule has 4 amide bonds. The fraction of sp³-hybridized carbons (Fsp3) is 0.542. The van der Waals surface area contributed by atoms with E-state index < -0.39 is 53.8 Å². The Morgan fingerprint density at radius 1 is 1.05 bits per heavy atom. The summed E-state index contributed by atoms with van der Waals surface area (Å²) in [7, 11) is 0. The Bertz CT molecular complexity index is 971. The van der Waals surface area contributed by atoms with Crippen LogP contribution in [0.3, 0.4) is 0 Å². The molecule has 13 nitrogen and oxygen atoms in total. The summed E-state index contributed by atoms with van der Waals surface area (Å²) < 4.78 is 0. The molecule has 1 aliphatic rings. The van der Waals surface area contributed by atoms with E-state index in [1.165, 1.54) is 17.0 Å². The Hall–Kier alpha value is -3.71. The van der Waals surface area contributed by atoms with E-state index in [9.17, 15) is 34.2 Å². The third-order valence-electron chi connectivity index (χ3n) is 6.15. The summed E-state index contributed by atoms with van der Waals surface area (Å²) in [6.07, 6.45) is 1.79. The van der Waals surface area contributed by atoms with Gasteiger partial charge in [0.2, 0.25) is 23.6 Å². The van der Waals surface area contributed by atoms with Gasteiger partial charge >= 0.3 is 5.97 Å². The van der Waals surface area contributed by atoms with Crippen LogP contribution in [0.1, 0.15) is 44.1 Å². The number of hydrogen-bond donors (Lipinski definition) is 7. The number of rotatable bonds is 14. The second-order valence-corrected chi connectivity index (χ2v) is 9.08. The monoisotopic (exact) mass is 520 g/mol. The number of nitrogens with one attached hydrogen (secondary N) is 2. The number of carboxylic acid groups (broad SMARTS) is 1. The first-order valence-electron chi connectivity index (χ1n) is 12.2. The van der Waals surface area contributed by atoms with E-state index in [0.29, 0.717) is 37.8 Å². The Morgan fingerprint density at radius 3 is 2.32 bits per heavy atom. The molecule has 1 aromatic carbocycles. The van der Waals surface area contributed by atoms with Gasteiger partial charge in [-0.15, -0.1) is 0 Å². The number of unbranched alkanes of at least 4 members (excludes halogenated alkanes) is 1. The number of hydrogen-bond acceptors (Lipinski definition) is 8. The number of carboxylic acids is 1. The van der Waals surface area contributed by atoms with Crippen LogP contribution >= 0.6 is 0 Å². The highest BCUT2D eigenvalue weighted by atomic mass is 16.4. The molecule has 0 radical (unpaired) electrons. The van der Waals surface area contributed by atoms with E-state index in [-0.39, 0.29) is 31.6 Å². The molecule has 0 aliphatic carbocycles. The highest BCUT2D eigenvalue weighted by molar-refractivity contribution is 5.95. The summed E-state index contributed by atoms with van der Waals surface area (Å²) in [4.78, 5) is 63.1. The van der Waals surface area contributed by atoms with E-state index in [0.717, 1.165) is 0 Å². The summed E-state index contributed by atoms with van der Waals surface area (Å²) in [5.74, 6) is -3.81. The van der Waals surface area contributed by atoms with Crippen LogP contribution in [0.15, 0.2) is 24.3 Å². The lowest BCUT2D eigenvalue weighted by Gasteiger charge is -2.28. The topological polar surface area (TPSA) is 231 Å². The largest absolute Gasteiger partial charge is 0.508 e. The second kappa shape index (κ2) is 14.1. The van der Waals surface area contributed by atoms with Crippen molar-refractivity contribution in [3.05, 3.63) is 29.8 Å². The van der Waals surface area contributed by atoms with E-state index in [4.69, 9.17) is 17.2 Å². The number of aliphatic carboxylic acids is 1. The van der Waals surface area contributed by atoms with Crippen LogP contribution in [0, 0.1) is 0 Å². The Balaban J connectivity index is 2.11. The molecule has 1 fully saturated rings. The van der Waals surface area contributed by atoms with Gasteiger partial charge in [0.1, 0.15) is 23.9 Å². The number of benzene rings is 1. The van der Waals surface area contributed by atoms with Crippen molar-refractivity contribution >= 4 is 29.6 Å². The van der Waals surface area contributed by atoms with Crippen LogP contribution in [-0.4, -0.2) is 82.0 Å². The van der Waals surface area contributed by atoms with Crippen molar-refractivity contribution in [3.8, 4) is 5.75 Å². The van der Waals surface area contributed by atoms with Crippen LogP contribution in [0.4, 0.5) is 0 Å². The van der Waals surface area contributed by atoms with E-state index >= 15 is 0 Å². The average Bonchev–Trinajstić information content (AvgIpc) is 3.33. The number of nitrogens with zero attached hydrogens (tertiary/aromatic N) is 1. The standard InChI is InChI=1S/C24H36N6O7/c25-10-2-1-4-17(21(33)29-18(24(36)37)12-14-6-8-15(31)9-7-14)28-22(34)19-5-3-11-30(19)23(35)16(26)13-20(27)32/h6-9,16-19,31H,1-5,10-13,25-26H2,(H2,27,32)(H,28,34)(H,29,33)(H,36,37). The zero-order valence-electron chi connectivity index (χ0n) is 20.6. The summed E-state index contributed by atoms with van der Waals surface area (Å²) in [5.41, 5.74) is 17.0. The molecule has 1 aromatic rings. The molecule has 37 heavy (non-hydrogen) atoms. The molecule has 13 heteroatoms. The SMILES string of the molecule is NCCCCC(NC(=O)C1CCCN1C(=O)C(N)CC(N)=O)C(=O)NC(Cc1ccc(O)cc1)C(=O)O. The van der Waals surface area contributed by atoms with Gasteiger partial charge in [0, 0.05) is 13.0 Å². The molecule has 1 heterocycles. The second-order valence-electron chi connectivity index (χ2n) is 9.08. The smallest absolute Gasteiger partial charge is 0.326 e. The van der Waals surface area contributed by atoms with Gasteiger partial charge in [-0.1, -0.05) is 12.1 Å². The number of nitrogens with two attached hydrogens (primary N) is 3. The van der Waals surface area contributed by atoms with Crippen LogP contribution < -0.4 is 27.8 Å². The van der Waals surface area contributed by atoms with Crippen LogP contribution in [0.2, 0.25) is 0 Å². The lowest BCUT2D eigenvalue weighted by molar-refractivity contribution is -0.143. The highest BCUT2D eigenvalue weighted by Gasteiger charge is 2.38. The molecule has 0 saturated carbocycles. The molecule has 2 rings (SSSR count). The molecule has 4 atom stereocenters. The first kappa shape index (κ1) is 29.5. The number of amides is 4. The number of phenols is 1. The number of likely N-dealkylation sites (tertiary alicyclic amines) is 1. The molecule has 10 N–H and O–H groups in total. The minimum absolute atomic E-state index is 0.0253. The van der Waals surface area contributed by atoms with Gasteiger partial charge in [0.15, 0.2) is 0 Å². The van der Waals surface area contributed by atoms with Crippen molar-refractivity contribution in [1.29, 1.82) is 0 Å². The highest BCUT2D eigenvalue weighted by Crippen LogP contribution is 2.19. The summed E-state index contributed by atoms with van der Waals surface area (Å²) in [6, 6.07) is 1.53. The predicted octanol–water partition coefficient (Wildman–Crippen LogP) is -1.69. The van der Waals surface area contributed by atoms with Crippen LogP contribution in [0.25, 0.3) is 0 Å². The van der Waals surface area contributed by atoms with Crippen molar-refractivity contribution in [3.63, 3.8) is 0 Å². The lowest BCUT2D eigenvalue weighted by Crippen LogP contribution is -2.57. The van der Waals surface area contributed by atoms with Gasteiger partial charge in [-0.3, -0.25) is 19.2 Å². The number of aromatic hydroxyl groups is 1. The van der Waals surface area contributed by atoms with Crippen molar-refractivity contribution in [2.75, 3.05) is 13.1 Å². The molecule has 4 unspecified atom stereocenters. The first-order valence-corrected chi connectivity index (χ1v) is 12.2. The summed E-state index contributed by atoms with van der Waals surface area (Å²) in [5, 5.41) is 24.2. The Labute approximate surface area is 214 Å². The maximum atomic E-state index is 13.1. The summed E-state index contributed by atoms with van der Waals surface area (Å²) >= 11 is 0. The zero-order valence-corrected chi connectivity index (χ0v) is 20.6. The van der Waals surface area contributed by atoms with Crippen LogP contribution in [-0.2, 0) is 30.4 Å². The van der Waals surface area contributed by atoms with Crippen molar-refractivity contribution < 1.29 is 34.2 Å². The van der Waals surface area contributed by atoms with E-state index in [1.54, 1.807) is 12.1 Å². The number of carbonyl (C=O) groups excluding carboxylic acids is 4. The zero-order chi connectivity index (χ0) is 27.5. The molecule has 1 saturated heterocycles. The summed E-state index contributed by atoms with van der Waals surface area (Å²) in [6.45, 7) is 0.644. The lowest BCUT2D eigenvalue weighted by atomic mass is 10.0. The van der Waals surface area contributed by atoms with Gasteiger partial charge < -0.3 is 42.9 Å². The Morgan fingerprint density at radius 2 is 1.73 bits per heavy atom. The van der Waals surface area contributed by atoms with Gasteiger partial charge in [-0.2, -0.15) is 0 Å². The van der Waals surface area contributed by atoms with Crippen LogP contribution in [0.5, 0.6) is 5.75 Å². The quantitative estimate of drug-likeness (QED) is 0.138. The molecule has 0 bridgehead atoms. The Kier molecular flexibility index (Phi) is 11.3. The minimum Gasteiger partial charge on any atom is -0.508 e. The molecular formula is C24H36N6O7. The van der Waals surface area contributed by atoms with E-state index in [1.807, 2.05) is 0 Å². The molecule has 204 valence electrons. The first-order chi connectivity index (χ1) is 17.5. The molecular weight excluding hydrogens is 484 g/mol. The maximum Gasteiger partial charge on any atom is 0.326 e. The fourth-order valence-corrected chi connectivity index (χ4v) is 4.19. The predicted molar refractivity (Wildman–Crippen MR) is 133 cm³/mol. The van der Waals surface area contributed by atoms with E-state index in [2.05, 4.69) is 10.6 Å². The third-order valence-corrected chi connectivity index (χ3v) is 6.15. The third kappa shape index (κ3) is 9.03. The van der Waals surface area contributed by atoms with Gasteiger partial charge in [0.25, 0.3) is 0 Å². The molecule has 0 spiro atoms. The molecule has 0 aromatic heterocycles. The maximum absolute atomic E-state index is 13.1. The normalized spacial score (nSPS) is 17.5. The van der Waals surface area contributed by atoms with Gasteiger partial charge in [0.05, 0.1) is 12.5 Å². The van der Waals surface area contributed by atoms with Crippen molar-refractivity contribution in [2.45, 2.75) is 69.1 Å². The van der Waals surface area contributed by atoms with Gasteiger partial charge in [-0.25, -0.2) is 4.79 Å². The fourth-order valence-electron chi connectivity index (χ4n) is 4.19. The van der Waals surface area contributed by atoms with Crippen molar-refractivity contribution in [2.24, 2.45) is 17.2 Å². The number of phenolic OH excluding ortho intramolecular Hbond substituents is 1. The van der Waals surface area contributed by atoms with Crippen molar-refractivity contribution in [1.82, 2.24) is 15.5 Å². The minimum atomic E-state index is -1.28.